The lowest BCUT2D eigenvalue weighted by molar-refractivity contribution is -0.140. The van der Waals surface area contributed by atoms with E-state index in [1.807, 2.05) is 6.26 Å². The van der Waals surface area contributed by atoms with Gasteiger partial charge in [0.1, 0.15) is 6.04 Å². The zero-order chi connectivity index (χ0) is 15.1. The quantitative estimate of drug-likeness (QED) is 0.490. The summed E-state index contributed by atoms with van der Waals surface area (Å²) in [6, 6.07) is -1.77. The van der Waals surface area contributed by atoms with Crippen molar-refractivity contribution >= 4 is 29.7 Å². The lowest BCUT2D eigenvalue weighted by atomic mass is 10.1. The molecule has 0 fully saturated rings. The number of thioether (sulfide) groups is 1. The molecular weight excluding hydrogens is 282 g/mol. The predicted octanol–water partition coefficient (Wildman–Crippen LogP) is -0.0781. The highest BCUT2D eigenvalue weighted by atomic mass is 32.2. The molecule has 20 heavy (non-hydrogen) atoms. The molecule has 3 atom stereocenters. The van der Waals surface area contributed by atoms with Crippen LogP contribution in [0.5, 0.6) is 0 Å². The molecule has 0 bridgehead atoms. The van der Waals surface area contributed by atoms with Gasteiger partial charge in [0, 0.05) is 6.04 Å². The van der Waals surface area contributed by atoms with E-state index in [1.165, 1.54) is 0 Å². The minimum atomic E-state index is -0.910. The van der Waals surface area contributed by atoms with E-state index in [0.717, 1.165) is 0 Å². The summed E-state index contributed by atoms with van der Waals surface area (Å²) in [5.41, 5.74) is 5.04. The largest absolute Gasteiger partial charge is 0.481 e. The van der Waals surface area contributed by atoms with Crippen LogP contribution >= 0.6 is 11.8 Å². The molecule has 1 aliphatic rings. The zero-order valence-electron chi connectivity index (χ0n) is 11.2. The Labute approximate surface area is 121 Å². The monoisotopic (exact) mass is 301 g/mol. The Balaban J connectivity index is 2.51. The van der Waals surface area contributed by atoms with Gasteiger partial charge in [0.15, 0.2) is 0 Å². The number of rotatable bonds is 7. The number of hydrogen-bond acceptors (Lipinski definition) is 4. The highest BCUT2D eigenvalue weighted by Gasteiger charge is 2.27. The molecule has 5 N–H and O–H groups in total. The van der Waals surface area contributed by atoms with Crippen LogP contribution in [0, 0.1) is 5.92 Å². The van der Waals surface area contributed by atoms with Gasteiger partial charge in [-0.1, -0.05) is 12.2 Å². The number of carboxylic acids is 1. The first-order chi connectivity index (χ1) is 9.43. The van der Waals surface area contributed by atoms with E-state index < -0.39 is 24.0 Å². The number of aliphatic carboxylic acids is 1. The van der Waals surface area contributed by atoms with Crippen LogP contribution in [0.1, 0.15) is 12.8 Å². The molecule has 112 valence electrons. The number of urea groups is 1. The topological polar surface area (TPSA) is 122 Å². The third kappa shape index (κ3) is 5.12. The first kappa shape index (κ1) is 16.4. The van der Waals surface area contributed by atoms with E-state index in [4.69, 9.17) is 10.8 Å². The molecule has 0 spiro atoms. The Hall–Kier alpha value is -1.70. The molecule has 0 saturated heterocycles. The summed E-state index contributed by atoms with van der Waals surface area (Å²) < 4.78 is 0. The van der Waals surface area contributed by atoms with Crippen LogP contribution in [0.4, 0.5) is 4.79 Å². The number of nitrogens with two attached hydrogens (primary N) is 1. The Morgan fingerprint density at radius 1 is 1.45 bits per heavy atom. The van der Waals surface area contributed by atoms with Gasteiger partial charge in [-0.05, 0) is 24.9 Å². The molecular formula is C12H19N3O4S. The maximum atomic E-state index is 12.0. The normalized spacial score (nSPS) is 22.2. The molecule has 3 unspecified atom stereocenters. The van der Waals surface area contributed by atoms with Gasteiger partial charge in [-0.2, -0.15) is 11.8 Å². The van der Waals surface area contributed by atoms with Gasteiger partial charge in [0.05, 0.1) is 5.92 Å². The number of primary amides is 1. The lowest BCUT2D eigenvalue weighted by Gasteiger charge is -2.19. The summed E-state index contributed by atoms with van der Waals surface area (Å²) in [6.45, 7) is 0. The number of carboxylic acid groups (broad SMARTS) is 1. The van der Waals surface area contributed by atoms with Crippen LogP contribution < -0.4 is 16.4 Å². The molecule has 7 nitrogen and oxygen atoms in total. The fourth-order valence-electron chi connectivity index (χ4n) is 1.95. The van der Waals surface area contributed by atoms with Gasteiger partial charge in [0.2, 0.25) is 5.91 Å². The fraction of sp³-hybridized carbons (Fsp3) is 0.583. The van der Waals surface area contributed by atoms with Crippen LogP contribution in [0.15, 0.2) is 12.2 Å². The van der Waals surface area contributed by atoms with Gasteiger partial charge in [0.25, 0.3) is 0 Å². The van der Waals surface area contributed by atoms with Gasteiger partial charge in [-0.3, -0.25) is 9.59 Å². The smallest absolute Gasteiger partial charge is 0.312 e. The van der Waals surface area contributed by atoms with Crippen molar-refractivity contribution in [3.05, 3.63) is 12.2 Å². The molecule has 0 heterocycles. The second-order valence-electron chi connectivity index (χ2n) is 4.52. The molecule has 0 aromatic heterocycles. The molecule has 0 aliphatic heterocycles. The summed E-state index contributed by atoms with van der Waals surface area (Å²) in [5.74, 6) is -1.13. The van der Waals surface area contributed by atoms with Crippen molar-refractivity contribution in [3.63, 3.8) is 0 Å². The van der Waals surface area contributed by atoms with Crippen molar-refractivity contribution in [1.29, 1.82) is 0 Å². The van der Waals surface area contributed by atoms with Gasteiger partial charge in [-0.25, -0.2) is 4.79 Å². The van der Waals surface area contributed by atoms with Crippen LogP contribution in [0.25, 0.3) is 0 Å². The second-order valence-corrected chi connectivity index (χ2v) is 5.51. The summed E-state index contributed by atoms with van der Waals surface area (Å²) >= 11 is 1.56. The fourth-order valence-corrected chi connectivity index (χ4v) is 2.42. The highest BCUT2D eigenvalue weighted by molar-refractivity contribution is 7.98. The average Bonchev–Trinajstić information content (AvgIpc) is 2.82. The van der Waals surface area contributed by atoms with Crippen molar-refractivity contribution < 1.29 is 19.5 Å². The Bertz CT molecular complexity index is 414. The van der Waals surface area contributed by atoms with Gasteiger partial charge < -0.3 is 21.5 Å². The average molecular weight is 301 g/mol. The van der Waals surface area contributed by atoms with Crippen LogP contribution in [0.2, 0.25) is 0 Å². The Morgan fingerprint density at radius 2 is 2.15 bits per heavy atom. The molecule has 0 aromatic carbocycles. The molecule has 0 radical (unpaired) electrons. The summed E-state index contributed by atoms with van der Waals surface area (Å²) in [5, 5.41) is 14.0. The lowest BCUT2D eigenvalue weighted by Crippen LogP contribution is -2.50. The van der Waals surface area contributed by atoms with Crippen molar-refractivity contribution in [1.82, 2.24) is 10.6 Å². The summed E-state index contributed by atoms with van der Waals surface area (Å²) in [7, 11) is 0. The summed E-state index contributed by atoms with van der Waals surface area (Å²) in [6.07, 6.45) is 5.91. The maximum absolute atomic E-state index is 12.0. The highest BCUT2D eigenvalue weighted by Crippen LogP contribution is 2.18. The molecule has 3 amide bonds. The predicted molar refractivity (Wildman–Crippen MR) is 76.3 cm³/mol. The van der Waals surface area contributed by atoms with Gasteiger partial charge >= 0.3 is 12.0 Å². The number of hydrogen-bond donors (Lipinski definition) is 4. The van der Waals surface area contributed by atoms with Crippen molar-refractivity contribution in [2.75, 3.05) is 12.0 Å². The third-order valence-electron chi connectivity index (χ3n) is 2.97. The SMILES string of the molecule is CSCCC(NC(N)=O)C(=O)NC1C=CC(C(=O)O)C1. The van der Waals surface area contributed by atoms with Crippen molar-refractivity contribution in [3.8, 4) is 0 Å². The standard InChI is InChI=1S/C12H19N3O4S/c1-20-5-4-9(15-12(13)19)10(16)14-8-3-2-7(6-8)11(17)18/h2-3,7-9H,4-6H2,1H3,(H,14,16)(H,17,18)(H3,13,15,19). The number of carbonyl (C=O) groups is 3. The first-order valence-corrected chi connectivity index (χ1v) is 7.59. The molecule has 0 aromatic rings. The number of nitrogens with one attached hydrogen (secondary N) is 2. The minimum absolute atomic E-state index is 0.324. The van der Waals surface area contributed by atoms with E-state index in [0.29, 0.717) is 18.6 Å². The summed E-state index contributed by atoms with van der Waals surface area (Å²) in [4.78, 5) is 33.7. The van der Waals surface area contributed by atoms with Crippen LogP contribution in [0.3, 0.4) is 0 Å². The molecule has 0 saturated carbocycles. The number of amides is 3. The molecule has 8 heteroatoms. The molecule has 1 rings (SSSR count). The van der Waals surface area contributed by atoms with E-state index in [2.05, 4.69) is 10.6 Å². The molecule has 1 aliphatic carbocycles. The van der Waals surface area contributed by atoms with E-state index in [1.54, 1.807) is 23.9 Å². The number of carbonyl (C=O) groups excluding carboxylic acids is 2. The van der Waals surface area contributed by atoms with E-state index >= 15 is 0 Å². The third-order valence-corrected chi connectivity index (χ3v) is 3.62. The first-order valence-electron chi connectivity index (χ1n) is 6.20. The van der Waals surface area contributed by atoms with Crippen LogP contribution in [-0.2, 0) is 9.59 Å². The van der Waals surface area contributed by atoms with Crippen LogP contribution in [-0.4, -0.2) is 47.1 Å². The maximum Gasteiger partial charge on any atom is 0.312 e. The second kappa shape index (κ2) is 7.78. The van der Waals surface area contributed by atoms with E-state index in [-0.39, 0.29) is 11.9 Å². The zero-order valence-corrected chi connectivity index (χ0v) is 12.0. The minimum Gasteiger partial charge on any atom is -0.481 e. The van der Waals surface area contributed by atoms with Gasteiger partial charge in [-0.15, -0.1) is 0 Å². The van der Waals surface area contributed by atoms with Crippen molar-refractivity contribution in [2.45, 2.75) is 24.9 Å². The Morgan fingerprint density at radius 3 is 2.65 bits per heavy atom. The Kier molecular flexibility index (Phi) is 6.37. The van der Waals surface area contributed by atoms with E-state index in [9.17, 15) is 14.4 Å². The van der Waals surface area contributed by atoms with Crippen molar-refractivity contribution in [2.24, 2.45) is 11.7 Å².